The molecule has 0 spiro atoms. The van der Waals surface area contributed by atoms with E-state index in [1.807, 2.05) is 19.1 Å². The molecule has 4 rings (SSSR count). The van der Waals surface area contributed by atoms with E-state index in [1.165, 1.54) is 11.1 Å². The molecule has 0 heterocycles. The van der Waals surface area contributed by atoms with Gasteiger partial charge in [-0.3, -0.25) is 0 Å². The lowest BCUT2D eigenvalue weighted by atomic mass is 9.55. The highest BCUT2D eigenvalue weighted by Crippen LogP contribution is 2.60. The molecule has 0 amide bonds. The number of rotatable bonds is 0. The maximum Gasteiger partial charge on any atom is 0.115 e. The third-order valence-corrected chi connectivity index (χ3v) is 6.72. The maximum atomic E-state index is 10.5. The van der Waals surface area contributed by atoms with Crippen molar-refractivity contribution in [3.8, 4) is 5.75 Å². The molecule has 1 aromatic rings. The number of benzene rings is 1. The van der Waals surface area contributed by atoms with Crippen LogP contribution in [-0.4, -0.2) is 38.7 Å². The van der Waals surface area contributed by atoms with Crippen molar-refractivity contribution in [3.05, 3.63) is 29.3 Å². The van der Waals surface area contributed by atoms with Gasteiger partial charge in [0, 0.05) is 5.41 Å². The number of aryl methyl sites for hydroxylation is 1. The molecule has 4 heteroatoms. The van der Waals surface area contributed by atoms with E-state index in [2.05, 4.69) is 0 Å². The summed E-state index contributed by atoms with van der Waals surface area (Å²) in [5, 5.41) is 40.7. The van der Waals surface area contributed by atoms with Crippen molar-refractivity contribution in [3.63, 3.8) is 0 Å². The van der Waals surface area contributed by atoms with E-state index in [4.69, 9.17) is 0 Å². The molecule has 7 atom stereocenters. The SMILES string of the molecule is C[C@]12CC[C@@H]3c4ccc(O)cc4CC[C@H]3[C@@H]1[C@@H](O)[C@@H](O)[C@@H]2O. The molecule has 22 heavy (non-hydrogen) atoms. The molecule has 2 fully saturated rings. The standard InChI is InChI=1S/C18H24O4/c1-18-7-6-12-11-5-3-10(19)8-9(11)2-4-13(12)14(18)15(20)16(21)17(18)22/h3,5,8,12-17,19-22H,2,4,6-7H2,1H3/t12-,13-,14-,15-,16-,17+,18+/m1/s1. The molecule has 0 aromatic heterocycles. The number of hydrogen-bond donors (Lipinski definition) is 4. The molecule has 4 nitrogen and oxygen atoms in total. The number of phenolic OH excluding ortho intramolecular Hbond substituents is 1. The van der Waals surface area contributed by atoms with Crippen LogP contribution in [0.15, 0.2) is 18.2 Å². The van der Waals surface area contributed by atoms with Gasteiger partial charge in [0.2, 0.25) is 0 Å². The van der Waals surface area contributed by atoms with Gasteiger partial charge in [-0.05, 0) is 66.7 Å². The topological polar surface area (TPSA) is 80.9 Å². The number of phenols is 1. The van der Waals surface area contributed by atoms with Crippen molar-refractivity contribution < 1.29 is 20.4 Å². The van der Waals surface area contributed by atoms with Gasteiger partial charge in [0.15, 0.2) is 0 Å². The van der Waals surface area contributed by atoms with Crippen LogP contribution in [-0.2, 0) is 6.42 Å². The quantitative estimate of drug-likeness (QED) is 0.586. The van der Waals surface area contributed by atoms with Crippen molar-refractivity contribution >= 4 is 0 Å². The van der Waals surface area contributed by atoms with Gasteiger partial charge in [-0.15, -0.1) is 0 Å². The lowest BCUT2D eigenvalue weighted by molar-refractivity contribution is -0.0505. The van der Waals surface area contributed by atoms with Gasteiger partial charge in [-0.1, -0.05) is 13.0 Å². The summed E-state index contributed by atoms with van der Waals surface area (Å²) >= 11 is 0. The number of fused-ring (bicyclic) bond motifs is 5. The summed E-state index contributed by atoms with van der Waals surface area (Å²) in [4.78, 5) is 0. The van der Waals surface area contributed by atoms with Crippen LogP contribution in [0.1, 0.15) is 43.2 Å². The third-order valence-electron chi connectivity index (χ3n) is 6.72. The fourth-order valence-corrected chi connectivity index (χ4v) is 5.62. The van der Waals surface area contributed by atoms with E-state index >= 15 is 0 Å². The van der Waals surface area contributed by atoms with Crippen LogP contribution >= 0.6 is 0 Å². The molecule has 3 aliphatic carbocycles. The van der Waals surface area contributed by atoms with Crippen molar-refractivity contribution in [2.45, 2.75) is 56.8 Å². The first kappa shape index (κ1) is 14.5. The van der Waals surface area contributed by atoms with Crippen LogP contribution in [0.5, 0.6) is 5.75 Å². The van der Waals surface area contributed by atoms with E-state index in [0.717, 1.165) is 25.7 Å². The zero-order valence-electron chi connectivity index (χ0n) is 12.8. The highest BCUT2D eigenvalue weighted by Gasteiger charge is 2.62. The average Bonchev–Trinajstić information content (AvgIpc) is 2.68. The molecule has 0 aliphatic heterocycles. The van der Waals surface area contributed by atoms with Crippen LogP contribution in [0.25, 0.3) is 0 Å². The summed E-state index contributed by atoms with van der Waals surface area (Å²) in [6.07, 6.45) is 0.894. The second-order valence-electron chi connectivity index (χ2n) is 7.69. The first-order chi connectivity index (χ1) is 10.4. The molecule has 3 aliphatic rings. The minimum Gasteiger partial charge on any atom is -0.508 e. The summed E-state index contributed by atoms with van der Waals surface area (Å²) < 4.78 is 0. The maximum absolute atomic E-state index is 10.5. The Labute approximate surface area is 130 Å². The van der Waals surface area contributed by atoms with Crippen molar-refractivity contribution in [1.82, 2.24) is 0 Å². The Bertz CT molecular complexity index is 601. The van der Waals surface area contributed by atoms with Crippen molar-refractivity contribution in [2.24, 2.45) is 17.3 Å². The summed E-state index contributed by atoms with van der Waals surface area (Å²) in [6.45, 7) is 2.02. The van der Waals surface area contributed by atoms with E-state index in [1.54, 1.807) is 6.07 Å². The Kier molecular flexibility index (Phi) is 3.09. The Morgan fingerprint density at radius 1 is 1.09 bits per heavy atom. The number of aliphatic hydroxyl groups is 3. The summed E-state index contributed by atoms with van der Waals surface area (Å²) in [5.41, 5.74) is 2.09. The van der Waals surface area contributed by atoms with Crippen molar-refractivity contribution in [1.29, 1.82) is 0 Å². The molecule has 0 saturated heterocycles. The fourth-order valence-electron chi connectivity index (χ4n) is 5.62. The molecule has 0 radical (unpaired) electrons. The second-order valence-corrected chi connectivity index (χ2v) is 7.69. The Balaban J connectivity index is 1.74. The number of hydrogen-bond acceptors (Lipinski definition) is 4. The van der Waals surface area contributed by atoms with Crippen LogP contribution in [0.4, 0.5) is 0 Å². The van der Waals surface area contributed by atoms with Crippen LogP contribution < -0.4 is 0 Å². The van der Waals surface area contributed by atoms with Gasteiger partial charge in [0.1, 0.15) is 11.9 Å². The first-order valence-corrected chi connectivity index (χ1v) is 8.29. The minimum absolute atomic E-state index is 0.0572. The van der Waals surface area contributed by atoms with E-state index < -0.39 is 23.7 Å². The molecule has 1 aromatic carbocycles. The van der Waals surface area contributed by atoms with Gasteiger partial charge in [0.25, 0.3) is 0 Å². The minimum atomic E-state index is -1.03. The molecular formula is C18H24O4. The normalized spacial score (nSPS) is 46.7. The molecule has 0 unspecified atom stereocenters. The summed E-state index contributed by atoms with van der Waals surface area (Å²) in [6, 6.07) is 5.61. The molecule has 120 valence electrons. The monoisotopic (exact) mass is 304 g/mol. The Morgan fingerprint density at radius 2 is 1.86 bits per heavy atom. The highest BCUT2D eigenvalue weighted by molar-refractivity contribution is 5.40. The molecule has 0 bridgehead atoms. The summed E-state index contributed by atoms with van der Waals surface area (Å²) in [5.74, 6) is 0.898. The van der Waals surface area contributed by atoms with Gasteiger partial charge in [-0.2, -0.15) is 0 Å². The van der Waals surface area contributed by atoms with Crippen molar-refractivity contribution in [2.75, 3.05) is 0 Å². The zero-order valence-corrected chi connectivity index (χ0v) is 12.8. The number of aliphatic hydroxyl groups excluding tert-OH is 3. The number of aromatic hydroxyl groups is 1. The first-order valence-electron chi connectivity index (χ1n) is 8.29. The average molecular weight is 304 g/mol. The Hall–Kier alpha value is -1.10. The Morgan fingerprint density at radius 3 is 2.64 bits per heavy atom. The smallest absolute Gasteiger partial charge is 0.115 e. The van der Waals surface area contributed by atoms with E-state index in [9.17, 15) is 20.4 Å². The van der Waals surface area contributed by atoms with E-state index in [-0.39, 0.29) is 11.8 Å². The summed E-state index contributed by atoms with van der Waals surface area (Å²) in [7, 11) is 0. The predicted molar refractivity (Wildman–Crippen MR) is 81.5 cm³/mol. The molecule has 4 N–H and O–H groups in total. The van der Waals surface area contributed by atoms with Crippen LogP contribution in [0.3, 0.4) is 0 Å². The molecule has 2 saturated carbocycles. The van der Waals surface area contributed by atoms with Gasteiger partial charge in [-0.25, -0.2) is 0 Å². The third kappa shape index (κ3) is 1.75. The lowest BCUT2D eigenvalue weighted by Crippen LogP contribution is -2.46. The fraction of sp³-hybridized carbons (Fsp3) is 0.667. The van der Waals surface area contributed by atoms with Gasteiger partial charge in [0.05, 0.1) is 12.2 Å². The lowest BCUT2D eigenvalue weighted by Gasteiger charge is -2.50. The van der Waals surface area contributed by atoms with Gasteiger partial charge >= 0.3 is 0 Å². The zero-order chi connectivity index (χ0) is 15.6. The predicted octanol–water partition coefficient (Wildman–Crippen LogP) is 1.55. The van der Waals surface area contributed by atoms with Crippen LogP contribution in [0.2, 0.25) is 0 Å². The highest BCUT2D eigenvalue weighted by atomic mass is 16.4. The second kappa shape index (κ2) is 4.70. The van der Waals surface area contributed by atoms with Gasteiger partial charge < -0.3 is 20.4 Å². The van der Waals surface area contributed by atoms with Crippen LogP contribution in [0, 0.1) is 17.3 Å². The largest absolute Gasteiger partial charge is 0.508 e. The van der Waals surface area contributed by atoms with E-state index in [0.29, 0.717) is 11.7 Å². The molecular weight excluding hydrogens is 280 g/mol.